The Morgan fingerprint density at radius 1 is 1.56 bits per heavy atom. The van der Waals surface area contributed by atoms with Crippen molar-refractivity contribution >= 4 is 17.7 Å². The molecule has 1 saturated heterocycles. The molecular formula is C11H18N2O2S. The lowest BCUT2D eigenvalue weighted by molar-refractivity contribution is -0.138. The van der Waals surface area contributed by atoms with E-state index in [1.54, 1.807) is 0 Å². The van der Waals surface area contributed by atoms with Crippen LogP contribution in [0.15, 0.2) is 0 Å². The molecule has 1 N–H and O–H groups in total. The lowest BCUT2D eigenvalue weighted by Gasteiger charge is -2.34. The zero-order valence-electron chi connectivity index (χ0n) is 9.39. The third-order valence-corrected chi connectivity index (χ3v) is 3.84. The Bertz CT molecular complexity index is 265. The molecule has 1 fully saturated rings. The van der Waals surface area contributed by atoms with Crippen LogP contribution in [0.2, 0.25) is 0 Å². The Kier molecular flexibility index (Phi) is 6.27. The summed E-state index contributed by atoms with van der Waals surface area (Å²) in [6.07, 6.45) is 2.76. The third-order valence-electron chi connectivity index (χ3n) is 2.74. The van der Waals surface area contributed by atoms with Crippen molar-refractivity contribution in [2.24, 2.45) is 0 Å². The number of nitrogens with zero attached hydrogens (tertiary/aromatic N) is 2. The molecule has 0 saturated carbocycles. The quantitative estimate of drug-likeness (QED) is 0.716. The first-order valence-corrected chi connectivity index (χ1v) is 6.80. The topological polar surface area (TPSA) is 64.3 Å². The highest BCUT2D eigenvalue weighted by Gasteiger charge is 2.24. The summed E-state index contributed by atoms with van der Waals surface area (Å²) in [6, 6.07) is 2.31. The molecule has 0 amide bonds. The lowest BCUT2D eigenvalue weighted by atomic mass is 10.1. The number of aliphatic carboxylic acids is 1. The number of unbranched alkanes of at least 4 members (excludes halogenated alkanes) is 2. The maximum absolute atomic E-state index is 10.7. The molecule has 1 aliphatic rings. The summed E-state index contributed by atoms with van der Waals surface area (Å²) >= 11 is 1.84. The second-order valence-corrected chi connectivity index (χ2v) is 5.13. The van der Waals surface area contributed by atoms with E-state index in [0.29, 0.717) is 6.42 Å². The Balaban J connectivity index is 2.29. The van der Waals surface area contributed by atoms with E-state index in [0.717, 1.165) is 37.4 Å². The van der Waals surface area contributed by atoms with E-state index in [9.17, 15) is 4.79 Å². The summed E-state index contributed by atoms with van der Waals surface area (Å²) < 4.78 is 0. The number of thioether (sulfide) groups is 1. The first-order chi connectivity index (χ1) is 7.74. The van der Waals surface area contributed by atoms with Crippen molar-refractivity contribution in [2.45, 2.75) is 31.7 Å². The van der Waals surface area contributed by atoms with Crippen LogP contribution in [-0.2, 0) is 4.79 Å². The van der Waals surface area contributed by atoms with E-state index in [4.69, 9.17) is 10.4 Å². The van der Waals surface area contributed by atoms with Crippen LogP contribution in [0.25, 0.3) is 0 Å². The minimum absolute atomic E-state index is 0.179. The van der Waals surface area contributed by atoms with Crippen molar-refractivity contribution in [3.05, 3.63) is 0 Å². The van der Waals surface area contributed by atoms with Gasteiger partial charge in [-0.05, 0) is 19.4 Å². The minimum Gasteiger partial charge on any atom is -0.481 e. The molecule has 1 rings (SSSR count). The van der Waals surface area contributed by atoms with Crippen LogP contribution >= 0.6 is 11.8 Å². The number of carbonyl (C=O) groups is 1. The smallest absolute Gasteiger partial charge is 0.304 e. The molecule has 0 aromatic heterocycles. The van der Waals surface area contributed by atoms with Gasteiger partial charge in [-0.2, -0.15) is 17.0 Å². The Morgan fingerprint density at radius 2 is 2.38 bits per heavy atom. The average Bonchev–Trinajstić information content (AvgIpc) is 2.26. The molecule has 4 nitrogen and oxygen atoms in total. The highest BCUT2D eigenvalue weighted by molar-refractivity contribution is 7.99. The predicted molar refractivity (Wildman–Crippen MR) is 64.4 cm³/mol. The molecule has 0 bridgehead atoms. The van der Waals surface area contributed by atoms with Gasteiger partial charge in [0.25, 0.3) is 0 Å². The van der Waals surface area contributed by atoms with E-state index in [2.05, 4.69) is 11.0 Å². The molecule has 5 heteroatoms. The van der Waals surface area contributed by atoms with E-state index >= 15 is 0 Å². The van der Waals surface area contributed by atoms with Crippen molar-refractivity contribution in [3.8, 4) is 6.07 Å². The predicted octanol–water partition coefficient (Wildman–Crippen LogP) is 1.57. The van der Waals surface area contributed by atoms with Crippen molar-refractivity contribution in [1.82, 2.24) is 4.90 Å². The van der Waals surface area contributed by atoms with Gasteiger partial charge in [0.1, 0.15) is 0 Å². The number of carboxylic acid groups (broad SMARTS) is 1. The van der Waals surface area contributed by atoms with E-state index < -0.39 is 5.97 Å². The molecule has 16 heavy (non-hydrogen) atoms. The molecule has 1 atom stereocenters. The zero-order valence-corrected chi connectivity index (χ0v) is 10.2. The molecular weight excluding hydrogens is 224 g/mol. The summed E-state index contributed by atoms with van der Waals surface area (Å²) in [5.74, 6) is 1.30. The van der Waals surface area contributed by atoms with Gasteiger partial charge in [0.15, 0.2) is 0 Å². The van der Waals surface area contributed by atoms with Crippen LogP contribution in [0, 0.1) is 11.3 Å². The van der Waals surface area contributed by atoms with Gasteiger partial charge in [-0.15, -0.1) is 0 Å². The highest BCUT2D eigenvalue weighted by atomic mass is 32.2. The van der Waals surface area contributed by atoms with E-state index in [1.807, 2.05) is 11.8 Å². The van der Waals surface area contributed by atoms with Crippen LogP contribution in [0.3, 0.4) is 0 Å². The van der Waals surface area contributed by atoms with Gasteiger partial charge < -0.3 is 5.11 Å². The van der Waals surface area contributed by atoms with Crippen LogP contribution in [0.5, 0.6) is 0 Å². The number of hydrogen-bond donors (Lipinski definition) is 1. The van der Waals surface area contributed by atoms with Crippen molar-refractivity contribution in [1.29, 1.82) is 5.26 Å². The normalized spacial score (nSPS) is 21.6. The second-order valence-electron chi connectivity index (χ2n) is 3.98. The molecule has 1 heterocycles. The fraction of sp³-hybridized carbons (Fsp3) is 0.818. The maximum atomic E-state index is 10.7. The molecule has 1 aliphatic heterocycles. The first-order valence-electron chi connectivity index (χ1n) is 5.64. The largest absolute Gasteiger partial charge is 0.481 e. The summed E-state index contributed by atoms with van der Waals surface area (Å²) in [7, 11) is 0. The zero-order chi connectivity index (χ0) is 11.8. The van der Waals surface area contributed by atoms with Crippen LogP contribution < -0.4 is 0 Å². The molecule has 0 spiro atoms. The fourth-order valence-electron chi connectivity index (χ4n) is 1.89. The van der Waals surface area contributed by atoms with Gasteiger partial charge in [-0.1, -0.05) is 0 Å². The van der Waals surface area contributed by atoms with Gasteiger partial charge in [-0.3, -0.25) is 9.69 Å². The molecule has 0 radical (unpaired) electrons. The van der Waals surface area contributed by atoms with E-state index in [1.165, 1.54) is 0 Å². The molecule has 1 unspecified atom stereocenters. The Morgan fingerprint density at radius 3 is 3.06 bits per heavy atom. The van der Waals surface area contributed by atoms with Gasteiger partial charge in [0.05, 0.1) is 12.5 Å². The minimum atomic E-state index is -0.713. The van der Waals surface area contributed by atoms with Crippen molar-refractivity contribution in [2.75, 3.05) is 24.6 Å². The van der Waals surface area contributed by atoms with Gasteiger partial charge in [0.2, 0.25) is 0 Å². The number of nitriles is 1. The molecule has 0 aromatic carbocycles. The van der Waals surface area contributed by atoms with Gasteiger partial charge >= 0.3 is 5.97 Å². The number of carboxylic acids is 1. The summed E-state index contributed by atoms with van der Waals surface area (Å²) in [5.41, 5.74) is 0. The number of rotatable bonds is 6. The summed E-state index contributed by atoms with van der Waals surface area (Å²) in [5, 5.41) is 17.2. The van der Waals surface area contributed by atoms with Crippen LogP contribution in [0.1, 0.15) is 25.7 Å². The monoisotopic (exact) mass is 242 g/mol. The standard InChI is InChI=1S/C11H18N2O2S/c12-4-2-1-3-5-13-6-7-16-9-10(13)8-11(14)15/h10H,1-3,5-9H2,(H,14,15). The van der Waals surface area contributed by atoms with Crippen LogP contribution in [0.4, 0.5) is 0 Å². The summed E-state index contributed by atoms with van der Waals surface area (Å²) in [6.45, 7) is 1.91. The van der Waals surface area contributed by atoms with Gasteiger partial charge in [0, 0.05) is 30.5 Å². The molecule has 0 aliphatic carbocycles. The third kappa shape index (κ3) is 4.86. The fourth-order valence-corrected chi connectivity index (χ4v) is 3.02. The SMILES string of the molecule is N#CCCCCN1CCSCC1CC(=O)O. The van der Waals surface area contributed by atoms with Gasteiger partial charge in [-0.25, -0.2) is 0 Å². The second kappa shape index (κ2) is 7.53. The van der Waals surface area contributed by atoms with Crippen molar-refractivity contribution in [3.63, 3.8) is 0 Å². The molecule has 90 valence electrons. The Labute approximate surface area is 101 Å². The summed E-state index contributed by atoms with van der Waals surface area (Å²) in [4.78, 5) is 13.0. The highest BCUT2D eigenvalue weighted by Crippen LogP contribution is 2.19. The average molecular weight is 242 g/mol. The molecule has 0 aromatic rings. The number of hydrogen-bond acceptors (Lipinski definition) is 4. The van der Waals surface area contributed by atoms with Crippen molar-refractivity contribution < 1.29 is 9.90 Å². The maximum Gasteiger partial charge on any atom is 0.304 e. The lowest BCUT2D eigenvalue weighted by Crippen LogP contribution is -2.43. The Hall–Kier alpha value is -0.730. The van der Waals surface area contributed by atoms with Crippen LogP contribution in [-0.4, -0.2) is 46.6 Å². The first kappa shape index (κ1) is 13.3. The van der Waals surface area contributed by atoms with E-state index in [-0.39, 0.29) is 12.5 Å².